The zero-order valence-electron chi connectivity index (χ0n) is 17.3. The standard InChI is InChI=1S/C18H24N8O7/c19-11(1-9-4-20-7-23-9)16(30)26-12(3-15(28)29)17(31)22-6-14(27)25-13(18(32)33)2-10-5-21-8-24-10/h4-5,7-8,11-13H,1-3,6,19H2,(H,20,23)(H,21,24)(H,22,31)(H,25,27)(H,26,30)(H,28,29)(H,32,33). The van der Waals surface area contributed by atoms with Gasteiger partial charge in [0.25, 0.3) is 0 Å². The summed E-state index contributed by atoms with van der Waals surface area (Å²) in [5.41, 5.74) is 6.82. The first-order chi connectivity index (χ1) is 15.7. The van der Waals surface area contributed by atoms with Crippen molar-refractivity contribution in [2.45, 2.75) is 37.4 Å². The number of aromatic amines is 2. The number of hydrogen-bond donors (Lipinski definition) is 8. The molecule has 15 nitrogen and oxygen atoms in total. The number of nitrogens with two attached hydrogens (primary N) is 1. The first kappa shape index (κ1) is 25.0. The first-order valence-electron chi connectivity index (χ1n) is 9.67. The minimum atomic E-state index is -1.50. The van der Waals surface area contributed by atoms with Gasteiger partial charge in [-0.25, -0.2) is 14.8 Å². The molecule has 0 saturated carbocycles. The Morgan fingerprint density at radius 1 is 0.909 bits per heavy atom. The summed E-state index contributed by atoms with van der Waals surface area (Å²) in [6.45, 7) is -0.641. The number of H-pyrrole nitrogens is 2. The van der Waals surface area contributed by atoms with Gasteiger partial charge in [-0.2, -0.15) is 0 Å². The SMILES string of the molecule is NC(Cc1cnc[nH]1)C(=O)NC(CC(=O)O)C(=O)NCC(=O)NC(Cc1cnc[nH]1)C(=O)O. The van der Waals surface area contributed by atoms with Crippen LogP contribution in [0.5, 0.6) is 0 Å². The van der Waals surface area contributed by atoms with Gasteiger partial charge in [-0.05, 0) is 0 Å². The minimum Gasteiger partial charge on any atom is -0.481 e. The van der Waals surface area contributed by atoms with Crippen LogP contribution in [0.3, 0.4) is 0 Å². The topological polar surface area (TPSA) is 245 Å². The molecule has 0 bridgehead atoms. The number of carboxylic acid groups (broad SMARTS) is 2. The number of carboxylic acids is 2. The molecule has 2 heterocycles. The van der Waals surface area contributed by atoms with Crippen LogP contribution in [-0.4, -0.2) is 84.5 Å². The third kappa shape index (κ3) is 8.41. The molecule has 3 unspecified atom stereocenters. The molecule has 15 heteroatoms. The zero-order valence-corrected chi connectivity index (χ0v) is 17.3. The van der Waals surface area contributed by atoms with E-state index < -0.39 is 60.8 Å². The Kier molecular flexibility index (Phi) is 9.05. The lowest BCUT2D eigenvalue weighted by Gasteiger charge is -2.19. The summed E-state index contributed by atoms with van der Waals surface area (Å²) in [6.07, 6.45) is 4.87. The van der Waals surface area contributed by atoms with E-state index in [0.717, 1.165) is 0 Å². The Hall–Kier alpha value is -4.27. The quantitative estimate of drug-likeness (QED) is 0.148. The number of hydrogen-bond acceptors (Lipinski definition) is 8. The predicted octanol–water partition coefficient (Wildman–Crippen LogP) is -3.11. The molecule has 2 rings (SSSR count). The van der Waals surface area contributed by atoms with Crippen LogP contribution >= 0.6 is 0 Å². The van der Waals surface area contributed by atoms with E-state index >= 15 is 0 Å². The van der Waals surface area contributed by atoms with Gasteiger partial charge >= 0.3 is 11.9 Å². The first-order valence-corrected chi connectivity index (χ1v) is 9.67. The van der Waals surface area contributed by atoms with Gasteiger partial charge in [-0.3, -0.25) is 19.2 Å². The fraction of sp³-hybridized carbons (Fsp3) is 0.389. The molecule has 0 aliphatic heterocycles. The summed E-state index contributed by atoms with van der Waals surface area (Å²) in [7, 11) is 0. The summed E-state index contributed by atoms with van der Waals surface area (Å²) in [4.78, 5) is 72.2. The number of nitrogens with zero attached hydrogens (tertiary/aromatic N) is 2. The lowest BCUT2D eigenvalue weighted by atomic mass is 10.1. The highest BCUT2D eigenvalue weighted by molar-refractivity contribution is 5.94. The summed E-state index contributed by atoms with van der Waals surface area (Å²) in [5, 5.41) is 25.0. The number of aromatic nitrogens is 4. The third-order valence-corrected chi connectivity index (χ3v) is 4.38. The van der Waals surface area contributed by atoms with E-state index in [1.54, 1.807) is 0 Å². The Morgan fingerprint density at radius 3 is 2.03 bits per heavy atom. The van der Waals surface area contributed by atoms with E-state index in [1.165, 1.54) is 25.0 Å². The van der Waals surface area contributed by atoms with Crippen LogP contribution < -0.4 is 21.7 Å². The van der Waals surface area contributed by atoms with Crippen molar-refractivity contribution in [3.05, 3.63) is 36.4 Å². The second-order valence-corrected chi connectivity index (χ2v) is 7.00. The highest BCUT2D eigenvalue weighted by Gasteiger charge is 2.27. The number of carbonyl (C=O) groups excluding carboxylic acids is 3. The number of nitrogens with one attached hydrogen (secondary N) is 5. The van der Waals surface area contributed by atoms with Crippen LogP contribution in [0.1, 0.15) is 17.8 Å². The van der Waals surface area contributed by atoms with Crippen LogP contribution in [0, 0.1) is 0 Å². The molecule has 0 saturated heterocycles. The van der Waals surface area contributed by atoms with Gasteiger partial charge in [0.15, 0.2) is 0 Å². The van der Waals surface area contributed by atoms with E-state index in [-0.39, 0.29) is 12.8 Å². The second-order valence-electron chi connectivity index (χ2n) is 7.00. The average molecular weight is 464 g/mol. The van der Waals surface area contributed by atoms with E-state index in [4.69, 9.17) is 10.8 Å². The van der Waals surface area contributed by atoms with Crippen molar-refractivity contribution in [1.29, 1.82) is 0 Å². The largest absolute Gasteiger partial charge is 0.481 e. The van der Waals surface area contributed by atoms with Gasteiger partial charge in [0.2, 0.25) is 17.7 Å². The van der Waals surface area contributed by atoms with E-state index in [9.17, 15) is 29.1 Å². The van der Waals surface area contributed by atoms with Crippen LogP contribution in [-0.2, 0) is 36.8 Å². The van der Waals surface area contributed by atoms with Gasteiger partial charge in [-0.15, -0.1) is 0 Å². The molecule has 0 fully saturated rings. The summed E-state index contributed by atoms with van der Waals surface area (Å²) in [5.74, 6) is -5.22. The molecule has 3 amide bonds. The van der Waals surface area contributed by atoms with E-state index in [1.807, 2.05) is 0 Å². The van der Waals surface area contributed by atoms with Crippen molar-refractivity contribution in [2.75, 3.05) is 6.54 Å². The lowest BCUT2D eigenvalue weighted by Crippen LogP contribution is -2.54. The third-order valence-electron chi connectivity index (χ3n) is 4.38. The molecule has 2 aromatic rings. The number of aliphatic carboxylic acids is 2. The fourth-order valence-corrected chi connectivity index (χ4v) is 2.74. The Morgan fingerprint density at radius 2 is 1.52 bits per heavy atom. The van der Waals surface area contributed by atoms with Gasteiger partial charge in [-0.1, -0.05) is 0 Å². The predicted molar refractivity (Wildman–Crippen MR) is 109 cm³/mol. The van der Waals surface area contributed by atoms with Gasteiger partial charge in [0.1, 0.15) is 12.1 Å². The minimum absolute atomic E-state index is 0.0685. The van der Waals surface area contributed by atoms with Crippen LogP contribution in [0.4, 0.5) is 0 Å². The van der Waals surface area contributed by atoms with Crippen LogP contribution in [0.15, 0.2) is 25.0 Å². The number of carbonyl (C=O) groups is 5. The van der Waals surface area contributed by atoms with Crippen molar-refractivity contribution in [2.24, 2.45) is 5.73 Å². The van der Waals surface area contributed by atoms with E-state index in [0.29, 0.717) is 11.4 Å². The Bertz CT molecular complexity index is 961. The van der Waals surface area contributed by atoms with Gasteiger partial charge < -0.3 is 41.9 Å². The molecule has 0 aromatic carbocycles. The number of rotatable bonds is 13. The lowest BCUT2D eigenvalue weighted by molar-refractivity contribution is -0.142. The molecule has 178 valence electrons. The van der Waals surface area contributed by atoms with Crippen molar-refractivity contribution < 1.29 is 34.2 Å². The molecule has 0 aliphatic rings. The zero-order chi connectivity index (χ0) is 24.4. The molecule has 33 heavy (non-hydrogen) atoms. The van der Waals surface area contributed by atoms with Gasteiger partial charge in [0, 0.05) is 36.6 Å². The van der Waals surface area contributed by atoms with Crippen molar-refractivity contribution in [3.8, 4) is 0 Å². The van der Waals surface area contributed by atoms with Crippen LogP contribution in [0.2, 0.25) is 0 Å². The van der Waals surface area contributed by atoms with Crippen molar-refractivity contribution in [3.63, 3.8) is 0 Å². The monoisotopic (exact) mass is 464 g/mol. The summed E-state index contributed by atoms with van der Waals surface area (Å²) < 4.78 is 0. The Labute approximate surface area is 186 Å². The number of imidazole rings is 2. The van der Waals surface area contributed by atoms with Crippen molar-refractivity contribution >= 4 is 29.7 Å². The molecule has 0 radical (unpaired) electrons. The summed E-state index contributed by atoms with van der Waals surface area (Å²) in [6, 6.07) is -3.88. The van der Waals surface area contributed by atoms with E-state index in [2.05, 4.69) is 35.9 Å². The number of amides is 3. The maximum absolute atomic E-state index is 12.4. The normalized spacial score (nSPS) is 13.4. The molecule has 9 N–H and O–H groups in total. The molecule has 0 spiro atoms. The van der Waals surface area contributed by atoms with Gasteiger partial charge in [0.05, 0.1) is 31.7 Å². The van der Waals surface area contributed by atoms with Crippen LogP contribution in [0.25, 0.3) is 0 Å². The molecule has 3 atom stereocenters. The second kappa shape index (κ2) is 11.9. The molecular weight excluding hydrogens is 440 g/mol. The maximum Gasteiger partial charge on any atom is 0.326 e. The molecule has 0 aliphatic carbocycles. The fourth-order valence-electron chi connectivity index (χ4n) is 2.74. The van der Waals surface area contributed by atoms with Crippen molar-refractivity contribution in [1.82, 2.24) is 35.9 Å². The highest BCUT2D eigenvalue weighted by Crippen LogP contribution is 2.01. The maximum atomic E-state index is 12.4. The molecule has 2 aromatic heterocycles. The average Bonchev–Trinajstić information content (AvgIpc) is 3.44. The molecular formula is C18H24N8O7. The smallest absolute Gasteiger partial charge is 0.326 e. The summed E-state index contributed by atoms with van der Waals surface area (Å²) >= 11 is 0. The Balaban J connectivity index is 1.89. The highest BCUT2D eigenvalue weighted by atomic mass is 16.4.